The summed E-state index contributed by atoms with van der Waals surface area (Å²) in [6.45, 7) is 0. The van der Waals surface area contributed by atoms with Crippen LogP contribution in [0.25, 0.3) is 84.8 Å². The molecule has 0 saturated heterocycles. The number of hydrogen-bond donors (Lipinski definition) is 0. The molecule has 0 aliphatic heterocycles. The maximum Gasteiger partial charge on any atom is 0.227 e. The molecule has 49 heavy (non-hydrogen) atoms. The summed E-state index contributed by atoms with van der Waals surface area (Å²) in [5.74, 6) is 0.616. The average Bonchev–Trinajstić information content (AvgIpc) is 3.93. The first-order valence-electron chi connectivity index (χ1n) is 16.2. The SMILES string of the molecule is c1ccc(-c2nc3cc(N(c4ccc5c(c4)oc4ccccc45)c4cccc5sc6ccccc6c45)c4sc5ccccc5c4c3o2)cc1. The molecule has 230 valence electrons. The van der Waals surface area contributed by atoms with Crippen LogP contribution >= 0.6 is 22.7 Å². The maximum absolute atomic E-state index is 6.65. The summed E-state index contributed by atoms with van der Waals surface area (Å²) >= 11 is 3.62. The van der Waals surface area contributed by atoms with Crippen LogP contribution in [0.5, 0.6) is 0 Å². The summed E-state index contributed by atoms with van der Waals surface area (Å²) < 4.78 is 18.0. The van der Waals surface area contributed by atoms with Gasteiger partial charge in [0.15, 0.2) is 5.58 Å². The van der Waals surface area contributed by atoms with E-state index < -0.39 is 0 Å². The molecule has 0 saturated carbocycles. The van der Waals surface area contributed by atoms with Crippen LogP contribution in [0.1, 0.15) is 0 Å². The molecule has 0 spiro atoms. The number of furan rings is 1. The lowest BCUT2D eigenvalue weighted by atomic mass is 10.1. The van der Waals surface area contributed by atoms with Crippen LogP contribution in [-0.4, -0.2) is 4.98 Å². The number of para-hydroxylation sites is 1. The molecular formula is C43H24N2O2S2. The number of nitrogens with zero attached hydrogens (tertiary/aromatic N) is 2. The van der Waals surface area contributed by atoms with Crippen molar-refractivity contribution in [3.63, 3.8) is 0 Å². The zero-order chi connectivity index (χ0) is 32.1. The monoisotopic (exact) mass is 664 g/mol. The van der Waals surface area contributed by atoms with E-state index in [9.17, 15) is 0 Å². The van der Waals surface area contributed by atoms with Gasteiger partial charge in [-0.1, -0.05) is 78.9 Å². The number of oxazole rings is 1. The highest BCUT2D eigenvalue weighted by molar-refractivity contribution is 7.26. The van der Waals surface area contributed by atoms with Gasteiger partial charge in [-0.2, -0.15) is 0 Å². The molecule has 6 heteroatoms. The summed E-state index contributed by atoms with van der Waals surface area (Å²) in [6, 6.07) is 51.2. The standard InChI is InChI=1S/C43H24N2O2S2/c1-2-11-25(12-3-1)43-44-31-24-33(42-40(41(31)47-43)30-15-6-9-19-37(30)49-42)45(26-21-22-28-27-13-4-7-17-34(27)46-35(28)23-26)32-16-10-20-38-39(32)29-14-5-8-18-36(29)48-38/h1-24H. The molecule has 0 N–H and O–H groups in total. The quantitative estimate of drug-likeness (QED) is 0.188. The molecule has 11 aromatic rings. The third kappa shape index (κ3) is 3.99. The second kappa shape index (κ2) is 10.3. The Labute approximate surface area is 287 Å². The van der Waals surface area contributed by atoms with E-state index in [2.05, 4.69) is 108 Å². The first-order chi connectivity index (χ1) is 24.3. The first-order valence-corrected chi connectivity index (χ1v) is 17.8. The van der Waals surface area contributed by atoms with Gasteiger partial charge >= 0.3 is 0 Å². The fraction of sp³-hybridized carbons (Fsp3) is 0. The van der Waals surface area contributed by atoms with E-state index in [1.54, 1.807) is 11.3 Å². The molecule has 0 aliphatic rings. The zero-order valence-corrected chi connectivity index (χ0v) is 27.5. The van der Waals surface area contributed by atoms with Gasteiger partial charge in [-0.3, -0.25) is 0 Å². The molecule has 0 amide bonds. The fourth-order valence-electron chi connectivity index (χ4n) is 7.33. The average molecular weight is 665 g/mol. The first kappa shape index (κ1) is 27.0. The number of hydrogen-bond acceptors (Lipinski definition) is 6. The predicted molar refractivity (Wildman–Crippen MR) is 207 cm³/mol. The molecule has 4 nitrogen and oxygen atoms in total. The Morgan fingerprint density at radius 1 is 0.490 bits per heavy atom. The summed E-state index contributed by atoms with van der Waals surface area (Å²) in [6.07, 6.45) is 0. The Morgan fingerprint density at radius 3 is 2.04 bits per heavy atom. The van der Waals surface area contributed by atoms with E-state index in [0.717, 1.165) is 71.1 Å². The van der Waals surface area contributed by atoms with Crippen molar-refractivity contribution in [2.75, 3.05) is 4.90 Å². The van der Waals surface area contributed by atoms with Crippen molar-refractivity contribution >= 4 is 113 Å². The second-order valence-electron chi connectivity index (χ2n) is 12.3. The Morgan fingerprint density at radius 2 is 1.18 bits per heavy atom. The van der Waals surface area contributed by atoms with Crippen molar-refractivity contribution in [2.45, 2.75) is 0 Å². The van der Waals surface area contributed by atoms with E-state index >= 15 is 0 Å². The van der Waals surface area contributed by atoms with E-state index in [0.29, 0.717) is 5.89 Å². The van der Waals surface area contributed by atoms with E-state index in [-0.39, 0.29) is 0 Å². The van der Waals surface area contributed by atoms with Crippen molar-refractivity contribution in [1.82, 2.24) is 4.98 Å². The number of aromatic nitrogens is 1. The Balaban J connectivity index is 1.28. The molecule has 0 fully saturated rings. The van der Waals surface area contributed by atoms with Gasteiger partial charge in [0.2, 0.25) is 5.89 Å². The third-order valence-corrected chi connectivity index (χ3v) is 11.8. The van der Waals surface area contributed by atoms with E-state index in [1.807, 2.05) is 53.8 Å². The van der Waals surface area contributed by atoms with Crippen molar-refractivity contribution in [3.05, 3.63) is 146 Å². The van der Waals surface area contributed by atoms with Crippen LogP contribution in [0.3, 0.4) is 0 Å². The zero-order valence-electron chi connectivity index (χ0n) is 25.9. The number of thiophene rings is 2. The van der Waals surface area contributed by atoms with Gasteiger partial charge in [0.1, 0.15) is 16.7 Å². The lowest BCUT2D eigenvalue weighted by Crippen LogP contribution is -2.10. The maximum atomic E-state index is 6.65. The van der Waals surface area contributed by atoms with Crippen LogP contribution in [0, 0.1) is 0 Å². The topological polar surface area (TPSA) is 42.4 Å². The normalized spacial score (nSPS) is 12.1. The summed E-state index contributed by atoms with van der Waals surface area (Å²) in [4.78, 5) is 7.53. The molecule has 11 rings (SSSR count). The predicted octanol–water partition coefficient (Wildman–Crippen LogP) is 13.6. The number of benzene rings is 7. The van der Waals surface area contributed by atoms with Gasteiger partial charge in [-0.25, -0.2) is 4.98 Å². The van der Waals surface area contributed by atoms with Gasteiger partial charge in [0, 0.05) is 63.7 Å². The molecule has 7 aromatic carbocycles. The highest BCUT2D eigenvalue weighted by atomic mass is 32.1. The fourth-order valence-corrected chi connectivity index (χ4v) is 9.66. The Bertz CT molecular complexity index is 3080. The van der Waals surface area contributed by atoms with Crippen molar-refractivity contribution in [2.24, 2.45) is 0 Å². The highest BCUT2D eigenvalue weighted by Gasteiger charge is 2.26. The smallest absolute Gasteiger partial charge is 0.227 e. The summed E-state index contributed by atoms with van der Waals surface area (Å²) in [5, 5.41) is 6.94. The van der Waals surface area contributed by atoms with Crippen molar-refractivity contribution in [1.29, 1.82) is 0 Å². The van der Waals surface area contributed by atoms with Crippen LogP contribution in [0.4, 0.5) is 17.1 Å². The lowest BCUT2D eigenvalue weighted by molar-refractivity contribution is 0.623. The van der Waals surface area contributed by atoms with Crippen molar-refractivity contribution in [3.8, 4) is 11.5 Å². The van der Waals surface area contributed by atoms with Gasteiger partial charge in [0.25, 0.3) is 0 Å². The number of rotatable bonds is 4. The van der Waals surface area contributed by atoms with Gasteiger partial charge in [-0.05, 0) is 60.7 Å². The van der Waals surface area contributed by atoms with Crippen LogP contribution in [-0.2, 0) is 0 Å². The Hall–Kier alpha value is -5.95. The third-order valence-electron chi connectivity index (χ3n) is 9.49. The van der Waals surface area contributed by atoms with Crippen molar-refractivity contribution < 1.29 is 8.83 Å². The lowest BCUT2D eigenvalue weighted by Gasteiger charge is -2.27. The van der Waals surface area contributed by atoms with Crippen LogP contribution in [0.2, 0.25) is 0 Å². The molecule has 0 unspecified atom stereocenters. The Kier molecular flexibility index (Phi) is 5.67. The van der Waals surface area contributed by atoms with Gasteiger partial charge < -0.3 is 13.7 Å². The second-order valence-corrected chi connectivity index (χ2v) is 14.4. The number of fused-ring (bicyclic) bond motifs is 11. The molecule has 0 aliphatic carbocycles. The van der Waals surface area contributed by atoms with E-state index in [4.69, 9.17) is 13.8 Å². The molecule has 4 heterocycles. The summed E-state index contributed by atoms with van der Waals surface area (Å²) in [7, 11) is 0. The molecule has 4 aromatic heterocycles. The van der Waals surface area contributed by atoms with Gasteiger partial charge in [-0.15, -0.1) is 22.7 Å². The van der Waals surface area contributed by atoms with Crippen LogP contribution in [0.15, 0.2) is 154 Å². The molecule has 0 radical (unpaired) electrons. The van der Waals surface area contributed by atoms with E-state index in [1.165, 1.54) is 24.9 Å². The molecule has 0 atom stereocenters. The number of anilines is 3. The van der Waals surface area contributed by atoms with Gasteiger partial charge in [0.05, 0.1) is 16.1 Å². The minimum atomic E-state index is 0.616. The minimum absolute atomic E-state index is 0.616. The summed E-state index contributed by atoms with van der Waals surface area (Å²) in [5.41, 5.74) is 7.49. The minimum Gasteiger partial charge on any atom is -0.456 e. The molecular weight excluding hydrogens is 641 g/mol. The highest BCUT2D eigenvalue weighted by Crippen LogP contribution is 2.51. The largest absolute Gasteiger partial charge is 0.456 e. The molecule has 0 bridgehead atoms. The van der Waals surface area contributed by atoms with Crippen LogP contribution < -0.4 is 4.90 Å².